The summed E-state index contributed by atoms with van der Waals surface area (Å²) in [5.74, 6) is -5.11. The van der Waals surface area contributed by atoms with Crippen molar-refractivity contribution in [2.45, 2.75) is 18.4 Å². The van der Waals surface area contributed by atoms with E-state index in [2.05, 4.69) is 9.05 Å². The number of hydrogen-bond acceptors (Lipinski definition) is 8. The Balaban J connectivity index is -0.00000162. The quantitative estimate of drug-likeness (QED) is 0.267. The van der Waals surface area contributed by atoms with E-state index in [1.807, 2.05) is 0 Å². The second-order valence-corrected chi connectivity index (χ2v) is 4.65. The van der Waals surface area contributed by atoms with Gasteiger partial charge in [-0.2, -0.15) is 0 Å². The molecule has 0 aromatic carbocycles. The fourth-order valence-corrected chi connectivity index (χ4v) is 1.62. The van der Waals surface area contributed by atoms with Gasteiger partial charge in [-0.1, -0.05) is 0 Å². The summed E-state index contributed by atoms with van der Waals surface area (Å²) in [6.07, 6.45) is -2.66. The van der Waals surface area contributed by atoms with E-state index in [9.17, 15) is 28.6 Å². The van der Waals surface area contributed by atoms with Crippen molar-refractivity contribution in [1.82, 2.24) is 0 Å². The average Bonchev–Trinajstić information content (AvgIpc) is 2.12. The van der Waals surface area contributed by atoms with Crippen molar-refractivity contribution in [3.05, 3.63) is 0 Å². The zero-order valence-electron chi connectivity index (χ0n) is 9.06. The van der Waals surface area contributed by atoms with Gasteiger partial charge in [-0.25, -0.2) is 13.9 Å². The first-order valence-electron chi connectivity index (χ1n) is 4.40. The molecule has 0 aliphatic rings. The van der Waals surface area contributed by atoms with Gasteiger partial charge < -0.3 is 29.0 Å². The second kappa shape index (κ2) is 12.2. The minimum atomic E-state index is -3.82. The number of hydrogen-bond donors (Lipinski definition) is 4. The molecular weight excluding hydrogens is 356 g/mol. The number of aliphatic hydroxyl groups is 1. The Morgan fingerprint density at radius 2 is 1.38 bits per heavy atom. The van der Waals surface area contributed by atoms with Gasteiger partial charge in [0, 0.05) is 0 Å². The molecule has 15 heteroatoms. The first kappa shape index (κ1) is 26.6. The van der Waals surface area contributed by atoms with Crippen molar-refractivity contribution in [3.8, 4) is 0 Å². The van der Waals surface area contributed by atoms with Crippen LogP contribution in [0.3, 0.4) is 0 Å². The number of carbonyl (C=O) groups excluding carboxylic acids is 2. The molecule has 0 saturated heterocycles. The zero-order chi connectivity index (χ0) is 15.2. The molecule has 0 aliphatic carbocycles. The van der Waals surface area contributed by atoms with Gasteiger partial charge in [0.2, 0.25) is 0 Å². The SMILES string of the molecule is O=C(O)CC(O)(CC(=O)O[PH](=O)O)C(=O)O[PH](=O)O.[NaH].[NaH]. The molecule has 0 bridgehead atoms. The van der Waals surface area contributed by atoms with E-state index < -0.39 is 52.9 Å². The number of rotatable bonds is 7. The number of carbonyl (C=O) groups is 3. The molecule has 0 aliphatic heterocycles. The van der Waals surface area contributed by atoms with Gasteiger partial charge in [0.25, 0.3) is 0 Å². The van der Waals surface area contributed by atoms with Crippen LogP contribution in [0.4, 0.5) is 0 Å². The fraction of sp³-hybridized carbons (Fsp3) is 0.500. The van der Waals surface area contributed by atoms with Gasteiger partial charge in [0.15, 0.2) is 5.60 Å². The van der Waals surface area contributed by atoms with Crippen molar-refractivity contribution in [1.29, 1.82) is 0 Å². The van der Waals surface area contributed by atoms with Gasteiger partial charge in [-0.15, -0.1) is 0 Å². The molecule has 3 unspecified atom stereocenters. The summed E-state index contributed by atoms with van der Waals surface area (Å²) in [5, 5.41) is 18.1. The summed E-state index contributed by atoms with van der Waals surface area (Å²) >= 11 is 0. The van der Waals surface area contributed by atoms with E-state index in [4.69, 9.17) is 14.9 Å². The topological polar surface area (TPSA) is 185 Å². The Morgan fingerprint density at radius 1 is 0.952 bits per heavy atom. The molecule has 0 fully saturated rings. The monoisotopic (exact) mass is 368 g/mol. The maximum absolute atomic E-state index is 11.2. The van der Waals surface area contributed by atoms with Crippen LogP contribution < -0.4 is 0 Å². The van der Waals surface area contributed by atoms with Crippen LogP contribution in [0.1, 0.15) is 12.8 Å². The van der Waals surface area contributed by atoms with E-state index >= 15 is 0 Å². The molecular formula is C6H12Na2O11P2. The van der Waals surface area contributed by atoms with E-state index in [1.165, 1.54) is 0 Å². The molecule has 21 heavy (non-hydrogen) atoms. The normalized spacial score (nSPS) is 15.2. The predicted molar refractivity (Wildman–Crippen MR) is 70.7 cm³/mol. The van der Waals surface area contributed by atoms with Crippen LogP contribution >= 0.6 is 16.5 Å². The average molecular weight is 368 g/mol. The maximum atomic E-state index is 11.2. The van der Waals surface area contributed by atoms with Gasteiger partial charge in [0.05, 0.1) is 12.8 Å². The van der Waals surface area contributed by atoms with Crippen molar-refractivity contribution < 1.29 is 52.6 Å². The summed E-state index contributed by atoms with van der Waals surface area (Å²) < 4.78 is 28.0. The fourth-order valence-electron chi connectivity index (χ4n) is 1.00. The summed E-state index contributed by atoms with van der Waals surface area (Å²) in [4.78, 5) is 49.3. The van der Waals surface area contributed by atoms with Crippen LogP contribution in [0.15, 0.2) is 0 Å². The molecule has 0 rings (SSSR count). The molecule has 0 radical (unpaired) electrons. The molecule has 4 N–H and O–H groups in total. The molecule has 11 nitrogen and oxygen atoms in total. The summed E-state index contributed by atoms with van der Waals surface area (Å²) in [6.45, 7) is 0. The molecule has 0 aromatic heterocycles. The molecule has 3 atom stereocenters. The van der Waals surface area contributed by atoms with Crippen LogP contribution in [-0.4, -0.2) is 103 Å². The van der Waals surface area contributed by atoms with E-state index in [1.54, 1.807) is 0 Å². The Bertz CT molecular complexity index is 440. The summed E-state index contributed by atoms with van der Waals surface area (Å²) in [6, 6.07) is 0. The van der Waals surface area contributed by atoms with E-state index in [0.29, 0.717) is 0 Å². The first-order chi connectivity index (χ1) is 8.56. The van der Waals surface area contributed by atoms with Crippen molar-refractivity contribution in [2.24, 2.45) is 0 Å². The van der Waals surface area contributed by atoms with Crippen LogP contribution in [-0.2, 0) is 32.6 Å². The van der Waals surface area contributed by atoms with Crippen molar-refractivity contribution in [2.75, 3.05) is 0 Å². The van der Waals surface area contributed by atoms with E-state index in [-0.39, 0.29) is 59.1 Å². The molecule has 0 aromatic rings. The molecule has 0 heterocycles. The van der Waals surface area contributed by atoms with Crippen molar-refractivity contribution >= 4 is 93.5 Å². The van der Waals surface area contributed by atoms with Gasteiger partial charge in [-0.3, -0.25) is 9.59 Å². The Morgan fingerprint density at radius 3 is 1.71 bits per heavy atom. The van der Waals surface area contributed by atoms with Crippen LogP contribution in [0.2, 0.25) is 0 Å². The Labute approximate surface area is 163 Å². The van der Waals surface area contributed by atoms with Gasteiger partial charge >= 0.3 is 93.5 Å². The summed E-state index contributed by atoms with van der Waals surface area (Å²) in [5.41, 5.74) is -2.98. The van der Waals surface area contributed by atoms with Gasteiger partial charge in [-0.05, 0) is 0 Å². The molecule has 114 valence electrons. The predicted octanol–water partition coefficient (Wildman–Crippen LogP) is -2.86. The van der Waals surface area contributed by atoms with Gasteiger partial charge in [0.1, 0.15) is 0 Å². The van der Waals surface area contributed by atoms with Crippen LogP contribution in [0.5, 0.6) is 0 Å². The first-order valence-corrected chi connectivity index (χ1v) is 6.92. The molecule has 0 spiro atoms. The third-order valence-electron chi connectivity index (χ3n) is 1.64. The third kappa shape index (κ3) is 11.9. The number of aliphatic carboxylic acids is 1. The minimum absolute atomic E-state index is 0. The zero-order valence-corrected chi connectivity index (χ0v) is 11.1. The second-order valence-electron chi connectivity index (χ2n) is 3.17. The molecule has 0 saturated carbocycles. The third-order valence-corrected chi connectivity index (χ3v) is 2.40. The van der Waals surface area contributed by atoms with Crippen LogP contribution in [0.25, 0.3) is 0 Å². The number of carboxylic acids is 1. The number of carboxylic acid groups (broad SMARTS) is 1. The van der Waals surface area contributed by atoms with Crippen molar-refractivity contribution in [3.63, 3.8) is 0 Å². The van der Waals surface area contributed by atoms with Crippen LogP contribution in [0, 0.1) is 0 Å². The van der Waals surface area contributed by atoms with E-state index in [0.717, 1.165) is 0 Å². The molecule has 0 amide bonds. The summed E-state index contributed by atoms with van der Waals surface area (Å²) in [7, 11) is -7.51. The standard InChI is InChI=1S/C6H10O11P2.2Na.2H/c7-3(8)1-6(11,5(10)17-19(14)15)2-4(9)16-18(12)13;;;;/h11,18-19H,1-2H2,(H,7,8)(H,12,13)(H,14,15);;;;. The Kier molecular flexibility index (Phi) is 15.5. The Hall–Kier alpha value is 0.750.